The monoisotopic (exact) mass is 374 g/mol. The lowest BCUT2D eigenvalue weighted by Crippen LogP contribution is -2.14. The lowest BCUT2D eigenvalue weighted by Gasteiger charge is -2.14. The van der Waals surface area contributed by atoms with Crippen molar-refractivity contribution in [3.8, 4) is 0 Å². The summed E-state index contributed by atoms with van der Waals surface area (Å²) < 4.78 is 21.8. The maximum absolute atomic E-state index is 11.5. The van der Waals surface area contributed by atoms with Gasteiger partial charge in [0.2, 0.25) is 0 Å². The molecule has 0 bridgehead atoms. The molecule has 0 aliphatic heterocycles. The second-order valence-corrected chi connectivity index (χ2v) is 7.22. The first kappa shape index (κ1) is 25.4. The summed E-state index contributed by atoms with van der Waals surface area (Å²) in [5.41, 5.74) is 0. The SMILES string of the molecule is CCCCC(CC)COCCOCCOCCCC(=O)OCCC(C)C. The van der Waals surface area contributed by atoms with Gasteiger partial charge in [0.25, 0.3) is 0 Å². The van der Waals surface area contributed by atoms with E-state index in [-0.39, 0.29) is 5.97 Å². The number of ether oxygens (including phenoxy) is 4. The maximum atomic E-state index is 11.5. The topological polar surface area (TPSA) is 54.0 Å². The molecule has 0 aliphatic carbocycles. The first-order valence-electron chi connectivity index (χ1n) is 10.5. The molecule has 0 radical (unpaired) electrons. The second kappa shape index (κ2) is 19.1. The zero-order valence-corrected chi connectivity index (χ0v) is 17.6. The minimum Gasteiger partial charge on any atom is -0.466 e. The van der Waals surface area contributed by atoms with E-state index in [1.165, 1.54) is 25.7 Å². The molecule has 1 unspecified atom stereocenters. The molecule has 0 aromatic heterocycles. The molecule has 0 spiro atoms. The first-order chi connectivity index (χ1) is 12.6. The van der Waals surface area contributed by atoms with Crippen LogP contribution < -0.4 is 0 Å². The fourth-order valence-electron chi connectivity index (χ4n) is 2.39. The quantitative estimate of drug-likeness (QED) is 0.244. The fraction of sp³-hybridized carbons (Fsp3) is 0.952. The first-order valence-corrected chi connectivity index (χ1v) is 10.5. The lowest BCUT2D eigenvalue weighted by molar-refractivity contribution is -0.144. The highest BCUT2D eigenvalue weighted by molar-refractivity contribution is 5.69. The number of hydrogen-bond acceptors (Lipinski definition) is 5. The van der Waals surface area contributed by atoms with Gasteiger partial charge in [0.05, 0.1) is 33.0 Å². The number of carbonyl (C=O) groups is 1. The van der Waals surface area contributed by atoms with Crippen molar-refractivity contribution in [3.63, 3.8) is 0 Å². The molecular formula is C21H42O5. The number of hydrogen-bond donors (Lipinski definition) is 0. The third kappa shape index (κ3) is 18.2. The standard InChI is InChI=1S/C21H42O5/c1-5-7-9-20(6-2)18-25-17-16-24-15-14-23-12-8-10-21(22)26-13-11-19(3)4/h19-20H,5-18H2,1-4H3. The van der Waals surface area contributed by atoms with E-state index in [0.717, 1.165) is 13.0 Å². The van der Waals surface area contributed by atoms with Crippen LogP contribution in [0.15, 0.2) is 0 Å². The van der Waals surface area contributed by atoms with E-state index in [9.17, 15) is 4.79 Å². The van der Waals surface area contributed by atoms with Crippen LogP contribution in [0, 0.1) is 11.8 Å². The van der Waals surface area contributed by atoms with E-state index in [0.29, 0.717) is 64.3 Å². The summed E-state index contributed by atoms with van der Waals surface area (Å²) >= 11 is 0. The molecule has 5 heteroatoms. The van der Waals surface area contributed by atoms with Crippen LogP contribution in [0.5, 0.6) is 0 Å². The maximum Gasteiger partial charge on any atom is 0.305 e. The zero-order valence-electron chi connectivity index (χ0n) is 17.6. The van der Waals surface area contributed by atoms with Gasteiger partial charge in [-0.15, -0.1) is 0 Å². The van der Waals surface area contributed by atoms with E-state index < -0.39 is 0 Å². The largest absolute Gasteiger partial charge is 0.466 e. The van der Waals surface area contributed by atoms with Crippen molar-refractivity contribution in [1.82, 2.24) is 0 Å². The Morgan fingerprint density at radius 3 is 2.08 bits per heavy atom. The number of esters is 1. The predicted molar refractivity (Wildman–Crippen MR) is 105 cm³/mol. The fourth-order valence-corrected chi connectivity index (χ4v) is 2.39. The van der Waals surface area contributed by atoms with Gasteiger partial charge in [0.15, 0.2) is 0 Å². The molecule has 1 atom stereocenters. The van der Waals surface area contributed by atoms with Crippen LogP contribution >= 0.6 is 0 Å². The molecule has 0 aliphatic rings. The minimum atomic E-state index is -0.132. The molecule has 0 fully saturated rings. The summed E-state index contributed by atoms with van der Waals surface area (Å²) in [5, 5.41) is 0. The molecule has 0 amide bonds. The highest BCUT2D eigenvalue weighted by Gasteiger charge is 2.06. The third-order valence-corrected chi connectivity index (χ3v) is 4.27. The summed E-state index contributed by atoms with van der Waals surface area (Å²) in [6.45, 7) is 13.0. The van der Waals surface area contributed by atoms with Crippen LogP contribution in [-0.4, -0.2) is 52.2 Å². The van der Waals surface area contributed by atoms with Crippen LogP contribution in [0.4, 0.5) is 0 Å². The average Bonchev–Trinajstić information content (AvgIpc) is 2.61. The van der Waals surface area contributed by atoms with Crippen molar-refractivity contribution in [2.24, 2.45) is 11.8 Å². The van der Waals surface area contributed by atoms with Gasteiger partial charge in [-0.2, -0.15) is 0 Å². The Balaban J connectivity index is 3.27. The van der Waals surface area contributed by atoms with Crippen LogP contribution in [0.3, 0.4) is 0 Å². The minimum absolute atomic E-state index is 0.132. The van der Waals surface area contributed by atoms with Crippen LogP contribution in [0.2, 0.25) is 0 Å². The Morgan fingerprint density at radius 2 is 1.46 bits per heavy atom. The predicted octanol–water partition coefficient (Wildman–Crippen LogP) is 4.62. The highest BCUT2D eigenvalue weighted by atomic mass is 16.5. The Hall–Kier alpha value is -0.650. The molecule has 0 saturated carbocycles. The number of unbranched alkanes of at least 4 members (excludes halogenated alkanes) is 1. The second-order valence-electron chi connectivity index (χ2n) is 7.22. The molecule has 0 aromatic rings. The van der Waals surface area contributed by atoms with E-state index in [1.807, 2.05) is 0 Å². The number of carbonyl (C=O) groups excluding carboxylic acids is 1. The van der Waals surface area contributed by atoms with E-state index in [2.05, 4.69) is 27.7 Å². The van der Waals surface area contributed by atoms with Gasteiger partial charge in [-0.05, 0) is 31.1 Å². The Bertz CT molecular complexity index is 307. The molecule has 5 nitrogen and oxygen atoms in total. The lowest BCUT2D eigenvalue weighted by atomic mass is 10.0. The van der Waals surface area contributed by atoms with Gasteiger partial charge in [-0.3, -0.25) is 4.79 Å². The van der Waals surface area contributed by atoms with Gasteiger partial charge in [0, 0.05) is 19.6 Å². The third-order valence-electron chi connectivity index (χ3n) is 4.27. The molecule has 0 heterocycles. The summed E-state index contributed by atoms with van der Waals surface area (Å²) in [4.78, 5) is 11.5. The van der Waals surface area contributed by atoms with E-state index in [4.69, 9.17) is 18.9 Å². The summed E-state index contributed by atoms with van der Waals surface area (Å²) in [5.74, 6) is 1.10. The van der Waals surface area contributed by atoms with Crippen molar-refractivity contribution in [3.05, 3.63) is 0 Å². The average molecular weight is 375 g/mol. The summed E-state index contributed by atoms with van der Waals surface area (Å²) in [7, 11) is 0. The van der Waals surface area contributed by atoms with Crippen molar-refractivity contribution in [2.45, 2.75) is 72.6 Å². The highest BCUT2D eigenvalue weighted by Crippen LogP contribution is 2.12. The molecular weight excluding hydrogens is 332 g/mol. The summed E-state index contributed by atoms with van der Waals surface area (Å²) in [6.07, 6.45) is 7.00. The van der Waals surface area contributed by atoms with Gasteiger partial charge >= 0.3 is 5.97 Å². The van der Waals surface area contributed by atoms with Gasteiger partial charge in [0.1, 0.15) is 0 Å². The van der Waals surface area contributed by atoms with Crippen LogP contribution in [0.1, 0.15) is 72.6 Å². The molecule has 0 saturated heterocycles. The van der Waals surface area contributed by atoms with Gasteiger partial charge in [-0.1, -0.05) is 47.0 Å². The molecule has 0 rings (SSSR count). The zero-order chi connectivity index (χ0) is 19.5. The molecule has 0 N–H and O–H groups in total. The Kier molecular flexibility index (Phi) is 18.6. The molecule has 0 aromatic carbocycles. The van der Waals surface area contributed by atoms with Crippen molar-refractivity contribution < 1.29 is 23.7 Å². The molecule has 156 valence electrons. The van der Waals surface area contributed by atoms with Crippen LogP contribution in [0.25, 0.3) is 0 Å². The van der Waals surface area contributed by atoms with Crippen LogP contribution in [-0.2, 0) is 23.7 Å². The smallest absolute Gasteiger partial charge is 0.305 e. The van der Waals surface area contributed by atoms with Crippen molar-refractivity contribution >= 4 is 5.97 Å². The normalized spacial score (nSPS) is 12.5. The Morgan fingerprint density at radius 1 is 0.808 bits per heavy atom. The summed E-state index contributed by atoms with van der Waals surface area (Å²) in [6, 6.07) is 0. The van der Waals surface area contributed by atoms with Gasteiger partial charge in [-0.25, -0.2) is 0 Å². The van der Waals surface area contributed by atoms with E-state index in [1.54, 1.807) is 0 Å². The van der Waals surface area contributed by atoms with Crippen molar-refractivity contribution in [1.29, 1.82) is 0 Å². The Labute approximate surface area is 161 Å². The molecule has 26 heavy (non-hydrogen) atoms. The van der Waals surface area contributed by atoms with Crippen molar-refractivity contribution in [2.75, 3.05) is 46.2 Å². The number of rotatable bonds is 19. The van der Waals surface area contributed by atoms with Gasteiger partial charge < -0.3 is 18.9 Å². The van der Waals surface area contributed by atoms with E-state index >= 15 is 0 Å².